The van der Waals surface area contributed by atoms with Crippen LogP contribution in [-0.2, 0) is 9.59 Å². The average molecular weight is 516 g/mol. The second kappa shape index (κ2) is 11.4. The molecule has 0 heterocycles. The topological polar surface area (TPSA) is 106 Å². The SMILES string of the molecule is COc1ccc(C(=O)Oc2ccc3ccccc3c2C=NNC(=O)C(=O)Nc2ccc(C)c(Cl)c2)cc1. The molecule has 0 aromatic heterocycles. The fourth-order valence-corrected chi connectivity index (χ4v) is 3.63. The van der Waals surface area contributed by atoms with Crippen LogP contribution in [0, 0.1) is 6.92 Å². The molecule has 0 bridgehead atoms. The van der Waals surface area contributed by atoms with Crippen LogP contribution in [0.15, 0.2) is 84.0 Å². The van der Waals surface area contributed by atoms with Crippen LogP contribution < -0.4 is 20.2 Å². The fourth-order valence-electron chi connectivity index (χ4n) is 3.45. The Morgan fingerprint density at radius 1 is 0.919 bits per heavy atom. The van der Waals surface area contributed by atoms with Crippen molar-refractivity contribution >= 4 is 52.1 Å². The van der Waals surface area contributed by atoms with Crippen molar-refractivity contribution in [1.82, 2.24) is 5.43 Å². The van der Waals surface area contributed by atoms with Crippen molar-refractivity contribution in [3.05, 3.63) is 101 Å². The number of benzene rings is 4. The van der Waals surface area contributed by atoms with Crippen LogP contribution in [0.4, 0.5) is 5.69 Å². The third-order valence-corrected chi connectivity index (χ3v) is 5.86. The Bertz CT molecular complexity index is 1520. The van der Waals surface area contributed by atoms with Gasteiger partial charge in [0.25, 0.3) is 0 Å². The molecule has 0 aliphatic carbocycles. The lowest BCUT2D eigenvalue weighted by molar-refractivity contribution is -0.136. The number of amides is 2. The molecule has 0 aliphatic heterocycles. The molecule has 0 aliphatic rings. The summed E-state index contributed by atoms with van der Waals surface area (Å²) < 4.78 is 10.8. The van der Waals surface area contributed by atoms with Gasteiger partial charge in [-0.2, -0.15) is 5.10 Å². The molecule has 4 aromatic carbocycles. The molecule has 0 saturated carbocycles. The van der Waals surface area contributed by atoms with E-state index in [0.717, 1.165) is 16.3 Å². The molecular weight excluding hydrogens is 494 g/mol. The first-order valence-electron chi connectivity index (χ1n) is 11.1. The highest BCUT2D eigenvalue weighted by molar-refractivity contribution is 6.40. The summed E-state index contributed by atoms with van der Waals surface area (Å²) in [7, 11) is 1.54. The lowest BCUT2D eigenvalue weighted by atomic mass is 10.0. The van der Waals surface area contributed by atoms with Crippen molar-refractivity contribution in [3.8, 4) is 11.5 Å². The van der Waals surface area contributed by atoms with Crippen LogP contribution in [0.2, 0.25) is 5.02 Å². The van der Waals surface area contributed by atoms with Crippen molar-refractivity contribution in [3.63, 3.8) is 0 Å². The Labute approximate surface area is 217 Å². The molecule has 9 heteroatoms. The average Bonchev–Trinajstić information content (AvgIpc) is 2.91. The standard InChI is InChI=1S/C28H22ClN3O5/c1-17-7-11-20(15-24(17)29)31-26(33)27(34)32-30-16-23-22-6-4-3-5-18(22)10-14-25(23)37-28(35)19-8-12-21(36-2)13-9-19/h3-16H,1-2H3,(H,31,33)(H,32,34). The third kappa shape index (κ3) is 6.12. The highest BCUT2D eigenvalue weighted by Crippen LogP contribution is 2.28. The quantitative estimate of drug-likeness (QED) is 0.122. The van der Waals surface area contributed by atoms with Crippen LogP contribution in [-0.4, -0.2) is 31.1 Å². The number of nitrogens with zero attached hydrogens (tertiary/aromatic N) is 1. The van der Waals surface area contributed by atoms with Crippen LogP contribution >= 0.6 is 11.6 Å². The zero-order chi connectivity index (χ0) is 26.4. The van der Waals surface area contributed by atoms with Crippen molar-refractivity contribution in [1.29, 1.82) is 0 Å². The Balaban J connectivity index is 1.52. The zero-order valence-corrected chi connectivity index (χ0v) is 20.7. The Kier molecular flexibility index (Phi) is 7.80. The Morgan fingerprint density at radius 2 is 1.68 bits per heavy atom. The maximum atomic E-state index is 12.8. The van der Waals surface area contributed by atoms with Gasteiger partial charge in [0.15, 0.2) is 0 Å². The summed E-state index contributed by atoms with van der Waals surface area (Å²) in [6, 6.07) is 22.3. The first-order chi connectivity index (χ1) is 17.9. The minimum Gasteiger partial charge on any atom is -0.497 e. The molecule has 0 fully saturated rings. The minimum absolute atomic E-state index is 0.233. The molecule has 0 saturated heterocycles. The second-order valence-corrected chi connectivity index (χ2v) is 8.34. The van der Waals surface area contributed by atoms with E-state index < -0.39 is 17.8 Å². The molecule has 0 radical (unpaired) electrons. The van der Waals surface area contributed by atoms with Crippen molar-refractivity contribution in [2.75, 3.05) is 12.4 Å². The maximum absolute atomic E-state index is 12.8. The third-order valence-electron chi connectivity index (χ3n) is 5.45. The number of anilines is 1. The van der Waals surface area contributed by atoms with Crippen LogP contribution in [0.3, 0.4) is 0 Å². The van der Waals surface area contributed by atoms with Crippen molar-refractivity contribution in [2.24, 2.45) is 5.10 Å². The van der Waals surface area contributed by atoms with Crippen LogP contribution in [0.1, 0.15) is 21.5 Å². The maximum Gasteiger partial charge on any atom is 0.343 e. The summed E-state index contributed by atoms with van der Waals surface area (Å²) in [6.45, 7) is 1.82. The van der Waals surface area contributed by atoms with Gasteiger partial charge in [-0.1, -0.05) is 48.0 Å². The lowest BCUT2D eigenvalue weighted by Gasteiger charge is -2.11. The van der Waals surface area contributed by atoms with Gasteiger partial charge in [0, 0.05) is 16.3 Å². The summed E-state index contributed by atoms with van der Waals surface area (Å²) in [4.78, 5) is 37.3. The van der Waals surface area contributed by atoms with Gasteiger partial charge in [0.1, 0.15) is 11.5 Å². The number of carbonyl (C=O) groups is 3. The summed E-state index contributed by atoms with van der Waals surface area (Å²) in [5.74, 6) is -1.63. The molecule has 2 amide bonds. The number of halogens is 1. The van der Waals surface area contributed by atoms with Gasteiger partial charge in [0.05, 0.1) is 18.9 Å². The van der Waals surface area contributed by atoms with E-state index >= 15 is 0 Å². The van der Waals surface area contributed by atoms with E-state index in [9.17, 15) is 14.4 Å². The zero-order valence-electron chi connectivity index (χ0n) is 19.9. The molecule has 4 rings (SSSR count). The number of ether oxygens (including phenoxy) is 2. The van der Waals surface area contributed by atoms with E-state index in [-0.39, 0.29) is 5.75 Å². The van der Waals surface area contributed by atoms with Crippen molar-refractivity contribution < 1.29 is 23.9 Å². The predicted molar refractivity (Wildman–Crippen MR) is 142 cm³/mol. The van der Waals surface area contributed by atoms with Gasteiger partial charge in [-0.25, -0.2) is 10.2 Å². The highest BCUT2D eigenvalue weighted by atomic mass is 35.5. The van der Waals surface area contributed by atoms with Gasteiger partial charge in [-0.15, -0.1) is 0 Å². The minimum atomic E-state index is -0.982. The number of carbonyl (C=O) groups excluding carboxylic acids is 3. The lowest BCUT2D eigenvalue weighted by Crippen LogP contribution is -2.32. The van der Waals surface area contributed by atoms with Gasteiger partial charge in [-0.3, -0.25) is 9.59 Å². The molecule has 2 N–H and O–H groups in total. The summed E-state index contributed by atoms with van der Waals surface area (Å²) >= 11 is 6.06. The summed E-state index contributed by atoms with van der Waals surface area (Å²) in [5, 5.41) is 8.46. The number of fused-ring (bicyclic) bond motifs is 1. The van der Waals surface area contributed by atoms with Crippen molar-refractivity contribution in [2.45, 2.75) is 6.92 Å². The smallest absolute Gasteiger partial charge is 0.343 e. The number of hydrogen-bond donors (Lipinski definition) is 2. The predicted octanol–water partition coefficient (Wildman–Crippen LogP) is 5.12. The highest BCUT2D eigenvalue weighted by Gasteiger charge is 2.16. The number of methoxy groups -OCH3 is 1. The van der Waals surface area contributed by atoms with Gasteiger partial charge in [0.2, 0.25) is 0 Å². The first kappa shape index (κ1) is 25.4. The second-order valence-electron chi connectivity index (χ2n) is 7.93. The number of hydrogen-bond acceptors (Lipinski definition) is 6. The van der Waals surface area contributed by atoms with E-state index in [2.05, 4.69) is 15.8 Å². The van der Waals surface area contributed by atoms with Gasteiger partial charge < -0.3 is 14.8 Å². The molecule has 0 unspecified atom stereocenters. The fraction of sp³-hybridized carbons (Fsp3) is 0.0714. The van der Waals surface area contributed by atoms with Gasteiger partial charge in [-0.05, 0) is 65.7 Å². The van der Waals surface area contributed by atoms with Crippen LogP contribution in [0.25, 0.3) is 10.8 Å². The molecule has 0 spiro atoms. The van der Waals surface area contributed by atoms with E-state index in [1.54, 1.807) is 48.5 Å². The number of rotatable bonds is 6. The van der Waals surface area contributed by atoms with E-state index in [1.165, 1.54) is 13.3 Å². The first-order valence-corrected chi connectivity index (χ1v) is 11.5. The molecule has 4 aromatic rings. The Morgan fingerprint density at radius 3 is 2.41 bits per heavy atom. The summed E-state index contributed by atoms with van der Waals surface area (Å²) in [6.07, 6.45) is 1.33. The monoisotopic (exact) mass is 515 g/mol. The summed E-state index contributed by atoms with van der Waals surface area (Å²) in [5.41, 5.74) is 4.20. The molecule has 8 nitrogen and oxygen atoms in total. The Hall–Kier alpha value is -4.69. The molecule has 186 valence electrons. The number of nitrogens with one attached hydrogen (secondary N) is 2. The molecule has 37 heavy (non-hydrogen) atoms. The van der Waals surface area contributed by atoms with E-state index in [4.69, 9.17) is 21.1 Å². The van der Waals surface area contributed by atoms with E-state index in [0.29, 0.717) is 27.6 Å². The number of hydrazone groups is 1. The number of esters is 1. The normalized spacial score (nSPS) is 10.8. The largest absolute Gasteiger partial charge is 0.497 e. The van der Waals surface area contributed by atoms with Gasteiger partial charge >= 0.3 is 17.8 Å². The molecular formula is C28H22ClN3O5. The molecule has 0 atom stereocenters. The van der Waals surface area contributed by atoms with E-state index in [1.807, 2.05) is 37.3 Å². The van der Waals surface area contributed by atoms with Crippen LogP contribution in [0.5, 0.6) is 11.5 Å². The number of aryl methyl sites for hydroxylation is 1.